The number of hydrogen-bond acceptors (Lipinski definition) is 5. The first-order chi connectivity index (χ1) is 12.7. The number of aryl methyl sites for hydroxylation is 1. The average Bonchev–Trinajstić information content (AvgIpc) is 2.53. The summed E-state index contributed by atoms with van der Waals surface area (Å²) >= 11 is 0. The molecule has 0 amide bonds. The number of benzene rings is 1. The second kappa shape index (κ2) is 9.54. The lowest BCUT2D eigenvalue weighted by molar-refractivity contribution is -0.144. The third-order valence-corrected chi connectivity index (χ3v) is 11.7. The van der Waals surface area contributed by atoms with Crippen molar-refractivity contribution in [3.8, 4) is 0 Å². The van der Waals surface area contributed by atoms with Gasteiger partial charge in [0.25, 0.3) is 0 Å². The van der Waals surface area contributed by atoms with Gasteiger partial charge in [-0.1, -0.05) is 45.4 Å². The van der Waals surface area contributed by atoms with Crippen molar-refractivity contribution in [2.75, 3.05) is 12.4 Å². The molecule has 0 unspecified atom stereocenters. The van der Waals surface area contributed by atoms with Crippen molar-refractivity contribution in [3.05, 3.63) is 29.8 Å². The van der Waals surface area contributed by atoms with Crippen LogP contribution < -0.4 is 0 Å². The Labute approximate surface area is 171 Å². The maximum absolute atomic E-state index is 13.0. The summed E-state index contributed by atoms with van der Waals surface area (Å²) in [5.74, 6) is -0.747. The van der Waals surface area contributed by atoms with Crippen molar-refractivity contribution in [2.45, 2.75) is 77.1 Å². The third-order valence-electron chi connectivity index (χ3n) is 5.44. The lowest BCUT2D eigenvalue weighted by Crippen LogP contribution is -2.47. The van der Waals surface area contributed by atoms with E-state index in [0.717, 1.165) is 5.56 Å². The van der Waals surface area contributed by atoms with E-state index < -0.39 is 24.3 Å². The summed E-state index contributed by atoms with van der Waals surface area (Å²) in [7, 11) is -5.77. The Hall–Kier alpha value is -1.18. The number of hydrogen-bond donors (Lipinski definition) is 0. The molecule has 0 heterocycles. The van der Waals surface area contributed by atoms with Gasteiger partial charge in [0.1, 0.15) is 0 Å². The second-order valence-corrected chi connectivity index (χ2v) is 15.8. The van der Waals surface area contributed by atoms with Crippen LogP contribution in [0.25, 0.3) is 0 Å². The fourth-order valence-electron chi connectivity index (χ4n) is 2.54. The lowest BCUT2D eigenvalue weighted by atomic mass is 10.0. The molecule has 0 aromatic heterocycles. The molecule has 0 saturated heterocycles. The molecule has 0 aliphatic heterocycles. The zero-order chi connectivity index (χ0) is 21.8. The molecule has 0 aliphatic rings. The highest BCUT2D eigenvalue weighted by Gasteiger charge is 2.41. The zero-order valence-corrected chi connectivity index (χ0v) is 20.4. The molecule has 28 heavy (non-hydrogen) atoms. The Morgan fingerprint density at radius 3 is 2.14 bits per heavy atom. The van der Waals surface area contributed by atoms with E-state index in [1.807, 2.05) is 13.8 Å². The fourth-order valence-corrected chi connectivity index (χ4v) is 5.66. The van der Waals surface area contributed by atoms with Gasteiger partial charge in [0.2, 0.25) is 0 Å². The molecule has 160 valence electrons. The number of carbonyl (C=O) groups is 1. The van der Waals surface area contributed by atoms with Gasteiger partial charge in [0.15, 0.2) is 18.2 Å². The van der Waals surface area contributed by atoms with Crippen molar-refractivity contribution >= 4 is 24.1 Å². The monoisotopic (exact) mass is 428 g/mol. The minimum absolute atomic E-state index is 0.0669. The standard InChI is InChI=1S/C21H36O5SSi/c1-9-25-20(22)14-17(3)19(26-28(7,8)21(4,5)6)15-27(23,24)18-12-10-16(2)11-13-18/h10-13,17,19H,9,14-15H2,1-8H3/t17-,19+/m0/s1. The number of sulfone groups is 1. The molecule has 0 radical (unpaired) electrons. The van der Waals surface area contributed by atoms with E-state index in [1.54, 1.807) is 31.2 Å². The van der Waals surface area contributed by atoms with Crippen molar-refractivity contribution in [3.63, 3.8) is 0 Å². The number of rotatable bonds is 9. The van der Waals surface area contributed by atoms with Crippen LogP contribution in [0.2, 0.25) is 18.1 Å². The number of esters is 1. The first kappa shape index (κ1) is 24.9. The van der Waals surface area contributed by atoms with Crippen LogP contribution in [0.1, 0.15) is 46.6 Å². The topological polar surface area (TPSA) is 69.7 Å². The Morgan fingerprint density at radius 1 is 1.14 bits per heavy atom. The average molecular weight is 429 g/mol. The van der Waals surface area contributed by atoms with Crippen LogP contribution in [0.3, 0.4) is 0 Å². The van der Waals surface area contributed by atoms with E-state index in [4.69, 9.17) is 9.16 Å². The van der Waals surface area contributed by atoms with Crippen LogP contribution in [0, 0.1) is 12.8 Å². The molecule has 1 aromatic carbocycles. The van der Waals surface area contributed by atoms with Gasteiger partial charge in [0.05, 0.1) is 29.8 Å². The van der Waals surface area contributed by atoms with E-state index >= 15 is 0 Å². The van der Waals surface area contributed by atoms with Gasteiger partial charge in [-0.3, -0.25) is 4.79 Å². The molecule has 2 atom stereocenters. The Kier molecular flexibility index (Phi) is 8.47. The molecule has 1 rings (SSSR count). The number of carbonyl (C=O) groups excluding carboxylic acids is 1. The van der Waals surface area contributed by atoms with Crippen LogP contribution >= 0.6 is 0 Å². The highest BCUT2D eigenvalue weighted by Crippen LogP contribution is 2.38. The molecule has 0 aliphatic carbocycles. The predicted octanol–water partition coefficient (Wildman–Crippen LogP) is 4.75. The highest BCUT2D eigenvalue weighted by atomic mass is 32.2. The van der Waals surface area contributed by atoms with Crippen LogP contribution in [-0.4, -0.2) is 41.2 Å². The summed E-state index contributed by atoms with van der Waals surface area (Å²) in [6.45, 7) is 16.4. The zero-order valence-electron chi connectivity index (χ0n) is 18.5. The summed E-state index contributed by atoms with van der Waals surface area (Å²) in [5.41, 5.74) is 1.00. The van der Waals surface area contributed by atoms with E-state index in [9.17, 15) is 13.2 Å². The van der Waals surface area contributed by atoms with Gasteiger partial charge >= 0.3 is 5.97 Å². The van der Waals surface area contributed by atoms with Gasteiger partial charge in [-0.15, -0.1) is 0 Å². The minimum atomic E-state index is -3.54. The van der Waals surface area contributed by atoms with Crippen molar-refractivity contribution in [1.29, 1.82) is 0 Å². The molecular weight excluding hydrogens is 392 g/mol. The van der Waals surface area contributed by atoms with Crippen LogP contribution in [0.4, 0.5) is 0 Å². The van der Waals surface area contributed by atoms with Gasteiger partial charge in [-0.05, 0) is 50.0 Å². The molecule has 0 fully saturated rings. The van der Waals surface area contributed by atoms with E-state index in [-0.39, 0.29) is 34.0 Å². The Bertz CT molecular complexity index is 748. The Balaban J connectivity index is 3.15. The molecule has 5 nitrogen and oxygen atoms in total. The molecule has 1 aromatic rings. The van der Waals surface area contributed by atoms with E-state index in [1.165, 1.54) is 0 Å². The first-order valence-corrected chi connectivity index (χ1v) is 14.4. The lowest BCUT2D eigenvalue weighted by Gasteiger charge is -2.40. The molecule has 0 spiro atoms. The van der Waals surface area contributed by atoms with Gasteiger partial charge in [-0.2, -0.15) is 0 Å². The maximum atomic E-state index is 13.0. The van der Waals surface area contributed by atoms with Crippen molar-refractivity contribution < 1.29 is 22.4 Å². The quantitative estimate of drug-likeness (QED) is 0.419. The highest BCUT2D eigenvalue weighted by molar-refractivity contribution is 7.91. The summed E-state index contributed by atoms with van der Waals surface area (Å²) in [6.07, 6.45) is -0.437. The van der Waals surface area contributed by atoms with E-state index in [2.05, 4.69) is 33.9 Å². The fraction of sp³-hybridized carbons (Fsp3) is 0.667. The largest absolute Gasteiger partial charge is 0.466 e. The molecule has 0 N–H and O–H groups in total. The summed E-state index contributed by atoms with van der Waals surface area (Å²) in [6, 6.07) is 6.84. The van der Waals surface area contributed by atoms with Crippen LogP contribution in [0.15, 0.2) is 29.2 Å². The number of ether oxygens (including phenoxy) is 1. The van der Waals surface area contributed by atoms with Crippen LogP contribution in [-0.2, 0) is 23.8 Å². The maximum Gasteiger partial charge on any atom is 0.306 e. The molecule has 0 saturated carbocycles. The normalized spacial score (nSPS) is 15.1. The minimum Gasteiger partial charge on any atom is -0.466 e. The van der Waals surface area contributed by atoms with Crippen molar-refractivity contribution in [2.24, 2.45) is 5.92 Å². The second-order valence-electron chi connectivity index (χ2n) is 9.00. The Morgan fingerprint density at radius 2 is 1.68 bits per heavy atom. The molecule has 0 bridgehead atoms. The smallest absolute Gasteiger partial charge is 0.306 e. The summed E-state index contributed by atoms with van der Waals surface area (Å²) in [4.78, 5) is 12.3. The van der Waals surface area contributed by atoms with Crippen molar-refractivity contribution in [1.82, 2.24) is 0 Å². The van der Waals surface area contributed by atoms with Gasteiger partial charge in [0, 0.05) is 0 Å². The van der Waals surface area contributed by atoms with Crippen LogP contribution in [0.5, 0.6) is 0 Å². The third kappa shape index (κ3) is 7.01. The van der Waals surface area contributed by atoms with Gasteiger partial charge in [-0.25, -0.2) is 8.42 Å². The summed E-state index contributed by atoms with van der Waals surface area (Å²) in [5, 5.41) is -0.0669. The van der Waals surface area contributed by atoms with Gasteiger partial charge < -0.3 is 9.16 Å². The first-order valence-electron chi connectivity index (χ1n) is 9.82. The summed E-state index contributed by atoms with van der Waals surface area (Å²) < 4.78 is 37.6. The predicted molar refractivity (Wildman–Crippen MR) is 116 cm³/mol. The molecular formula is C21H36O5SSi. The van der Waals surface area contributed by atoms with E-state index in [0.29, 0.717) is 6.61 Å². The SMILES string of the molecule is CCOC(=O)C[C@H](C)[C@@H](CS(=O)(=O)c1ccc(C)cc1)O[Si](C)(C)C(C)(C)C. The molecule has 7 heteroatoms.